The minimum atomic E-state index is -0.375. The molecule has 0 atom stereocenters. The third-order valence-electron chi connectivity index (χ3n) is 5.12. The average molecular weight is 443 g/mol. The molecule has 3 aromatic rings. The molecule has 1 aromatic heterocycles. The van der Waals surface area contributed by atoms with E-state index in [0.717, 1.165) is 18.5 Å². The first-order valence-corrected chi connectivity index (χ1v) is 10.6. The Balaban J connectivity index is 1.79. The molecule has 3 N–H and O–H groups in total. The van der Waals surface area contributed by atoms with Crippen LogP contribution in [0.1, 0.15) is 12.8 Å². The van der Waals surface area contributed by atoms with E-state index in [1.807, 2.05) is 35.2 Å². The normalized spacial score (nSPS) is 11.2. The molecule has 2 aromatic carbocycles. The highest BCUT2D eigenvalue weighted by Gasteiger charge is 2.20. The summed E-state index contributed by atoms with van der Waals surface area (Å²) in [7, 11) is 1.45. The molecule has 1 heterocycles. The van der Waals surface area contributed by atoms with Crippen molar-refractivity contribution in [1.29, 1.82) is 0 Å². The summed E-state index contributed by atoms with van der Waals surface area (Å²) >= 11 is 0. The summed E-state index contributed by atoms with van der Waals surface area (Å²) in [6.45, 7) is 2.18. The van der Waals surface area contributed by atoms with Gasteiger partial charge in [0.1, 0.15) is 16.9 Å². The lowest BCUT2D eigenvalue weighted by atomic mass is 10.1. The van der Waals surface area contributed by atoms with Crippen molar-refractivity contribution in [3.05, 3.63) is 52.7 Å². The number of methoxy groups -OCH3 is 1. The summed E-state index contributed by atoms with van der Waals surface area (Å²) in [6, 6.07) is 11.9. The van der Waals surface area contributed by atoms with Crippen LogP contribution in [0, 0.1) is 0 Å². The third kappa shape index (κ3) is 5.59. The predicted molar refractivity (Wildman–Crippen MR) is 121 cm³/mol. The number of unbranched alkanes of at least 4 members (excludes halogenated alkanes) is 1. The number of aliphatic hydroxyl groups is 2. The van der Waals surface area contributed by atoms with Crippen molar-refractivity contribution in [2.75, 3.05) is 46.6 Å². The maximum absolute atomic E-state index is 12.7. The van der Waals surface area contributed by atoms with Crippen LogP contribution in [-0.4, -0.2) is 66.8 Å². The summed E-state index contributed by atoms with van der Waals surface area (Å²) in [5.41, 5.74) is 0.487. The monoisotopic (exact) mass is 443 g/mol. The number of ether oxygens (including phenoxy) is 2. The molecule has 0 fully saturated rings. The van der Waals surface area contributed by atoms with E-state index in [1.54, 1.807) is 0 Å². The second-order valence-electron chi connectivity index (χ2n) is 7.32. The molecule has 0 radical (unpaired) electrons. The van der Waals surface area contributed by atoms with Crippen LogP contribution in [-0.2, 0) is 0 Å². The van der Waals surface area contributed by atoms with Crippen LogP contribution in [0.4, 0.5) is 0 Å². The van der Waals surface area contributed by atoms with Crippen LogP contribution in [0.5, 0.6) is 17.2 Å². The number of benzene rings is 2. The molecule has 3 rings (SSSR count). The van der Waals surface area contributed by atoms with Crippen molar-refractivity contribution in [2.45, 2.75) is 12.8 Å². The Labute approximate surface area is 186 Å². The minimum absolute atomic E-state index is 0.0394. The predicted octanol–water partition coefficient (Wildman–Crippen LogP) is 2.62. The molecule has 0 spiro atoms. The Morgan fingerprint density at radius 3 is 2.38 bits per heavy atom. The fourth-order valence-corrected chi connectivity index (χ4v) is 3.55. The molecule has 0 saturated carbocycles. The second kappa shape index (κ2) is 11.5. The lowest BCUT2D eigenvalue weighted by molar-refractivity contribution is 0.157. The Hall–Kier alpha value is -3.07. The first-order chi connectivity index (χ1) is 15.6. The Bertz CT molecular complexity index is 1060. The largest absolute Gasteiger partial charge is 0.507 e. The molecule has 0 saturated heterocycles. The minimum Gasteiger partial charge on any atom is -0.507 e. The summed E-state index contributed by atoms with van der Waals surface area (Å²) in [6.07, 6.45) is 1.51. The van der Waals surface area contributed by atoms with Crippen LogP contribution in [0.15, 0.2) is 51.7 Å². The Morgan fingerprint density at radius 2 is 1.72 bits per heavy atom. The number of aliphatic hydroxyl groups excluding tert-OH is 2. The van der Waals surface area contributed by atoms with Crippen molar-refractivity contribution >= 4 is 11.0 Å². The van der Waals surface area contributed by atoms with Crippen LogP contribution in [0.2, 0.25) is 0 Å². The summed E-state index contributed by atoms with van der Waals surface area (Å²) in [5, 5.41) is 28.7. The van der Waals surface area contributed by atoms with Gasteiger partial charge in [0.05, 0.1) is 26.9 Å². The van der Waals surface area contributed by atoms with Crippen LogP contribution in [0.3, 0.4) is 0 Å². The zero-order valence-electron chi connectivity index (χ0n) is 18.1. The molecule has 0 aliphatic rings. The summed E-state index contributed by atoms with van der Waals surface area (Å²) in [5.74, 6) is 0.662. The van der Waals surface area contributed by atoms with Gasteiger partial charge in [-0.1, -0.05) is 30.3 Å². The topological polar surface area (TPSA) is 113 Å². The van der Waals surface area contributed by atoms with Gasteiger partial charge < -0.3 is 29.2 Å². The molecule has 32 heavy (non-hydrogen) atoms. The smallest absolute Gasteiger partial charge is 0.205 e. The first-order valence-electron chi connectivity index (χ1n) is 10.6. The molecule has 8 heteroatoms. The number of nitrogens with zero attached hydrogens (tertiary/aromatic N) is 1. The van der Waals surface area contributed by atoms with Crippen LogP contribution >= 0.6 is 0 Å². The third-order valence-corrected chi connectivity index (χ3v) is 5.12. The van der Waals surface area contributed by atoms with E-state index in [2.05, 4.69) is 0 Å². The Kier molecular flexibility index (Phi) is 8.49. The van der Waals surface area contributed by atoms with E-state index < -0.39 is 0 Å². The van der Waals surface area contributed by atoms with Crippen LogP contribution in [0.25, 0.3) is 22.3 Å². The number of rotatable bonds is 12. The molecule has 0 aliphatic heterocycles. The van der Waals surface area contributed by atoms with Crippen molar-refractivity contribution in [2.24, 2.45) is 0 Å². The summed E-state index contributed by atoms with van der Waals surface area (Å²) in [4.78, 5) is 14.7. The SMILES string of the molecule is COc1c(OCCCCN(CCO)CCO)cc(O)c2c(=O)cc(-c3ccccc3)oc12. The number of aromatic hydroxyl groups is 1. The van der Waals surface area contributed by atoms with Gasteiger partial charge >= 0.3 is 0 Å². The zero-order valence-corrected chi connectivity index (χ0v) is 18.1. The van der Waals surface area contributed by atoms with E-state index in [9.17, 15) is 9.90 Å². The van der Waals surface area contributed by atoms with Gasteiger partial charge in [-0.2, -0.15) is 0 Å². The van der Waals surface area contributed by atoms with Gasteiger partial charge in [-0.25, -0.2) is 0 Å². The van der Waals surface area contributed by atoms with Crippen molar-refractivity contribution in [3.8, 4) is 28.6 Å². The molecular weight excluding hydrogens is 414 g/mol. The van der Waals surface area contributed by atoms with E-state index >= 15 is 0 Å². The second-order valence-corrected chi connectivity index (χ2v) is 7.32. The van der Waals surface area contributed by atoms with Crippen LogP contribution < -0.4 is 14.9 Å². The molecule has 8 nitrogen and oxygen atoms in total. The van der Waals surface area contributed by atoms with E-state index in [-0.39, 0.29) is 46.9 Å². The fourth-order valence-electron chi connectivity index (χ4n) is 3.55. The van der Waals surface area contributed by atoms with Gasteiger partial charge in [0.15, 0.2) is 16.8 Å². The van der Waals surface area contributed by atoms with E-state index in [4.69, 9.17) is 24.1 Å². The van der Waals surface area contributed by atoms with Gasteiger partial charge in [0, 0.05) is 30.8 Å². The standard InChI is InChI=1S/C24H29NO7/c1-30-23-21(31-14-6-5-9-25(10-12-26)11-13-27)16-19(29)22-18(28)15-20(32-24(22)23)17-7-3-2-4-8-17/h2-4,7-8,15-16,26-27,29H,5-6,9-14H2,1H3. The highest BCUT2D eigenvalue weighted by molar-refractivity contribution is 5.91. The van der Waals surface area contributed by atoms with Gasteiger partial charge in [-0.3, -0.25) is 9.69 Å². The number of hydrogen-bond acceptors (Lipinski definition) is 8. The first kappa shape index (κ1) is 23.6. The molecule has 0 aliphatic carbocycles. The lowest BCUT2D eigenvalue weighted by Gasteiger charge is -2.20. The number of phenolic OH excluding ortho intramolecular Hbond substituents is 1. The molecular formula is C24H29NO7. The Morgan fingerprint density at radius 1 is 1.00 bits per heavy atom. The van der Waals surface area contributed by atoms with Crippen molar-refractivity contribution in [1.82, 2.24) is 4.90 Å². The van der Waals surface area contributed by atoms with Gasteiger partial charge in [-0.05, 0) is 19.4 Å². The van der Waals surface area contributed by atoms with Gasteiger partial charge in [0.2, 0.25) is 5.75 Å². The number of fused-ring (bicyclic) bond motifs is 1. The zero-order chi connectivity index (χ0) is 22.9. The maximum Gasteiger partial charge on any atom is 0.205 e. The maximum atomic E-state index is 12.7. The molecule has 0 bridgehead atoms. The average Bonchev–Trinajstić information content (AvgIpc) is 2.79. The number of phenols is 1. The van der Waals surface area contributed by atoms with E-state index in [1.165, 1.54) is 19.2 Å². The van der Waals surface area contributed by atoms with E-state index in [0.29, 0.717) is 31.9 Å². The summed E-state index contributed by atoms with van der Waals surface area (Å²) < 4.78 is 17.3. The highest BCUT2D eigenvalue weighted by atomic mass is 16.5. The van der Waals surface area contributed by atoms with Crippen molar-refractivity contribution < 1.29 is 29.2 Å². The van der Waals surface area contributed by atoms with Crippen molar-refractivity contribution in [3.63, 3.8) is 0 Å². The molecule has 172 valence electrons. The lowest BCUT2D eigenvalue weighted by Crippen LogP contribution is -2.31. The molecule has 0 unspecified atom stereocenters. The fraction of sp³-hybridized carbons (Fsp3) is 0.375. The quantitative estimate of drug-likeness (QED) is 0.366. The van der Waals surface area contributed by atoms with Gasteiger partial charge in [-0.15, -0.1) is 0 Å². The highest BCUT2D eigenvalue weighted by Crippen LogP contribution is 2.41. The van der Waals surface area contributed by atoms with Gasteiger partial charge in [0.25, 0.3) is 0 Å². The molecule has 0 amide bonds. The number of hydrogen-bond donors (Lipinski definition) is 3.